The summed E-state index contributed by atoms with van der Waals surface area (Å²) >= 11 is 0. The fraction of sp³-hybridized carbons (Fsp3) is 0.500. The van der Waals surface area contributed by atoms with Crippen molar-refractivity contribution in [1.29, 1.82) is 0 Å². The van der Waals surface area contributed by atoms with Gasteiger partial charge in [-0.25, -0.2) is 19.2 Å². The van der Waals surface area contributed by atoms with Crippen LogP contribution in [-0.2, 0) is 49.0 Å². The van der Waals surface area contributed by atoms with Crippen molar-refractivity contribution in [3.63, 3.8) is 0 Å². The first-order valence-electron chi connectivity index (χ1n) is 9.63. The maximum atomic E-state index is 12.7. The third-order valence-corrected chi connectivity index (χ3v) is 7.28. The van der Waals surface area contributed by atoms with E-state index in [4.69, 9.17) is 0 Å². The average Bonchev–Trinajstić information content (AvgIpc) is 3.40. The maximum absolute atomic E-state index is 12.7. The number of urea groups is 1. The molecule has 0 atom stereocenters. The smallest absolute Gasteiger partial charge is 0.307 e. The molecule has 0 bridgehead atoms. The second kappa shape index (κ2) is 6.56. The Labute approximate surface area is 163 Å². The SMILES string of the molecule is O=C(Nc1c2c(cc3c1CCC3)CCC2)NS(=O)(=O)N1CCn2ncnc2C1. The molecule has 0 unspecified atom stereocenters. The number of rotatable bonds is 3. The van der Waals surface area contributed by atoms with Gasteiger partial charge in [0.15, 0.2) is 0 Å². The summed E-state index contributed by atoms with van der Waals surface area (Å²) in [5, 5.41) is 6.90. The van der Waals surface area contributed by atoms with Crippen molar-refractivity contribution in [3.8, 4) is 0 Å². The minimum atomic E-state index is -3.96. The van der Waals surface area contributed by atoms with Crippen molar-refractivity contribution in [2.45, 2.75) is 51.6 Å². The van der Waals surface area contributed by atoms with Gasteiger partial charge in [-0.15, -0.1) is 0 Å². The summed E-state index contributed by atoms with van der Waals surface area (Å²) in [7, 11) is -3.96. The molecule has 0 spiro atoms. The van der Waals surface area contributed by atoms with E-state index >= 15 is 0 Å². The number of fused-ring (bicyclic) bond motifs is 3. The van der Waals surface area contributed by atoms with Crippen LogP contribution in [0, 0.1) is 0 Å². The molecule has 5 rings (SSSR count). The lowest BCUT2D eigenvalue weighted by molar-refractivity contribution is 0.254. The molecule has 1 aliphatic heterocycles. The molecule has 1 aromatic carbocycles. The van der Waals surface area contributed by atoms with Gasteiger partial charge in [0, 0.05) is 12.2 Å². The monoisotopic (exact) mass is 402 g/mol. The highest BCUT2D eigenvalue weighted by molar-refractivity contribution is 7.87. The molecule has 2 aliphatic carbocycles. The largest absolute Gasteiger partial charge is 0.333 e. The van der Waals surface area contributed by atoms with Crippen molar-refractivity contribution in [2.75, 3.05) is 11.9 Å². The standard InChI is InChI=1S/C18H22N6O3S/c25-18(22-28(26,27)23-7-8-24-16(10-23)19-11-20-24)21-17-14-5-1-3-12(14)9-13-4-2-6-15(13)17/h9,11H,1-8,10H2,(H2,21,22,25). The number of nitrogens with zero attached hydrogens (tertiary/aromatic N) is 4. The van der Waals surface area contributed by atoms with Crippen LogP contribution in [0.4, 0.5) is 10.5 Å². The summed E-state index contributed by atoms with van der Waals surface area (Å²) in [4.78, 5) is 16.7. The van der Waals surface area contributed by atoms with E-state index in [1.165, 1.54) is 32.9 Å². The Balaban J connectivity index is 1.35. The van der Waals surface area contributed by atoms with E-state index in [2.05, 4.69) is 26.2 Å². The summed E-state index contributed by atoms with van der Waals surface area (Å²) < 4.78 is 30.4. The predicted molar refractivity (Wildman–Crippen MR) is 102 cm³/mol. The number of aromatic nitrogens is 3. The Morgan fingerprint density at radius 2 is 1.75 bits per heavy atom. The topological polar surface area (TPSA) is 109 Å². The normalized spacial score (nSPS) is 18.4. The van der Waals surface area contributed by atoms with Gasteiger partial charge in [-0.1, -0.05) is 6.07 Å². The number of amides is 2. The molecule has 0 saturated heterocycles. The first-order valence-corrected chi connectivity index (χ1v) is 11.1. The number of aryl methyl sites for hydroxylation is 2. The highest BCUT2D eigenvalue weighted by Gasteiger charge is 2.30. The molecular weight excluding hydrogens is 380 g/mol. The van der Waals surface area contributed by atoms with Crippen molar-refractivity contribution >= 4 is 21.9 Å². The second-order valence-corrected chi connectivity index (χ2v) is 9.20. The predicted octanol–water partition coefficient (Wildman–Crippen LogP) is 1.14. The van der Waals surface area contributed by atoms with E-state index in [0.717, 1.165) is 44.2 Å². The molecule has 9 nitrogen and oxygen atoms in total. The van der Waals surface area contributed by atoms with Crippen LogP contribution >= 0.6 is 0 Å². The zero-order chi connectivity index (χ0) is 19.3. The summed E-state index contributed by atoms with van der Waals surface area (Å²) in [5.74, 6) is 0.565. The zero-order valence-corrected chi connectivity index (χ0v) is 16.3. The fourth-order valence-corrected chi connectivity index (χ4v) is 5.56. The quantitative estimate of drug-likeness (QED) is 0.800. The molecule has 2 aromatic rings. The van der Waals surface area contributed by atoms with Crippen LogP contribution in [-0.4, -0.2) is 40.1 Å². The minimum absolute atomic E-state index is 0.0960. The number of hydrogen-bond acceptors (Lipinski definition) is 5. The lowest BCUT2D eigenvalue weighted by Gasteiger charge is -2.26. The van der Waals surface area contributed by atoms with Gasteiger partial charge in [0.25, 0.3) is 0 Å². The first-order chi connectivity index (χ1) is 13.5. The number of benzene rings is 1. The Hall–Kier alpha value is -2.46. The van der Waals surface area contributed by atoms with Gasteiger partial charge in [0.1, 0.15) is 12.2 Å². The molecule has 0 saturated carbocycles. The number of hydrogen-bond donors (Lipinski definition) is 2. The highest BCUT2D eigenvalue weighted by Crippen LogP contribution is 2.38. The van der Waals surface area contributed by atoms with Crippen LogP contribution in [0.2, 0.25) is 0 Å². The molecule has 2 heterocycles. The fourth-order valence-electron chi connectivity index (χ4n) is 4.53. The Bertz CT molecular complexity index is 1030. The molecule has 148 valence electrons. The van der Waals surface area contributed by atoms with Crippen LogP contribution < -0.4 is 10.0 Å². The van der Waals surface area contributed by atoms with Crippen LogP contribution in [0.1, 0.15) is 40.9 Å². The van der Waals surface area contributed by atoms with Gasteiger partial charge in [-0.05, 0) is 60.8 Å². The van der Waals surface area contributed by atoms with Gasteiger partial charge in [0.05, 0.1) is 13.1 Å². The van der Waals surface area contributed by atoms with Gasteiger partial charge in [-0.2, -0.15) is 17.8 Å². The number of anilines is 1. The average molecular weight is 402 g/mol. The number of carbonyl (C=O) groups excluding carboxylic acids is 1. The summed E-state index contributed by atoms with van der Waals surface area (Å²) in [6.45, 7) is 0.755. The summed E-state index contributed by atoms with van der Waals surface area (Å²) in [6.07, 6.45) is 7.43. The molecule has 0 fully saturated rings. The molecule has 2 N–H and O–H groups in total. The molecule has 10 heteroatoms. The van der Waals surface area contributed by atoms with Gasteiger partial charge in [-0.3, -0.25) is 0 Å². The molecule has 3 aliphatic rings. The highest BCUT2D eigenvalue weighted by atomic mass is 32.2. The van der Waals surface area contributed by atoms with Gasteiger partial charge in [0.2, 0.25) is 0 Å². The summed E-state index contributed by atoms with van der Waals surface area (Å²) in [5.41, 5.74) is 5.73. The third-order valence-electron chi connectivity index (χ3n) is 5.85. The second-order valence-electron chi connectivity index (χ2n) is 7.53. The van der Waals surface area contributed by atoms with E-state index in [-0.39, 0.29) is 13.1 Å². The lowest BCUT2D eigenvalue weighted by atomic mass is 9.99. The van der Waals surface area contributed by atoms with E-state index in [9.17, 15) is 13.2 Å². The van der Waals surface area contributed by atoms with E-state index in [1.807, 2.05) is 0 Å². The first kappa shape index (κ1) is 17.6. The van der Waals surface area contributed by atoms with E-state index in [1.54, 1.807) is 4.68 Å². The molecule has 1 aromatic heterocycles. The molecule has 28 heavy (non-hydrogen) atoms. The minimum Gasteiger partial charge on any atom is -0.307 e. The van der Waals surface area contributed by atoms with Crippen LogP contribution in [0.25, 0.3) is 0 Å². The van der Waals surface area contributed by atoms with Crippen molar-refractivity contribution in [1.82, 2.24) is 23.8 Å². The third kappa shape index (κ3) is 2.96. The van der Waals surface area contributed by atoms with Gasteiger partial charge < -0.3 is 5.32 Å². The van der Waals surface area contributed by atoms with E-state index in [0.29, 0.717) is 12.4 Å². The Morgan fingerprint density at radius 3 is 2.46 bits per heavy atom. The zero-order valence-electron chi connectivity index (χ0n) is 15.4. The van der Waals surface area contributed by atoms with Crippen LogP contribution in [0.3, 0.4) is 0 Å². The van der Waals surface area contributed by atoms with Crippen molar-refractivity contribution in [2.24, 2.45) is 0 Å². The van der Waals surface area contributed by atoms with Crippen LogP contribution in [0.15, 0.2) is 12.4 Å². The van der Waals surface area contributed by atoms with Gasteiger partial charge >= 0.3 is 16.2 Å². The molecule has 0 radical (unpaired) electrons. The van der Waals surface area contributed by atoms with Crippen molar-refractivity contribution in [3.05, 3.63) is 40.5 Å². The molecule has 2 amide bonds. The van der Waals surface area contributed by atoms with E-state index < -0.39 is 16.2 Å². The van der Waals surface area contributed by atoms with Crippen LogP contribution in [0.5, 0.6) is 0 Å². The van der Waals surface area contributed by atoms with Crippen molar-refractivity contribution < 1.29 is 13.2 Å². The Morgan fingerprint density at radius 1 is 1.04 bits per heavy atom. The lowest BCUT2D eigenvalue weighted by Crippen LogP contribution is -2.48. The number of carbonyl (C=O) groups is 1. The summed E-state index contributed by atoms with van der Waals surface area (Å²) in [6, 6.07) is 1.57. The maximum Gasteiger partial charge on any atom is 0.333 e. The molecular formula is C18H22N6O3S. The Kier molecular flexibility index (Phi) is 4.13. The number of nitrogens with one attached hydrogen (secondary N) is 2.